The summed E-state index contributed by atoms with van der Waals surface area (Å²) in [5.41, 5.74) is 0. The van der Waals surface area contributed by atoms with Crippen molar-refractivity contribution < 1.29 is 8.76 Å². The van der Waals surface area contributed by atoms with Crippen LogP contribution in [0.1, 0.15) is 13.8 Å². The largest absolute Gasteiger partial charge is 0.772 e. The Morgan fingerprint density at radius 2 is 2.17 bits per heavy atom. The van der Waals surface area contributed by atoms with Crippen molar-refractivity contribution in [3.63, 3.8) is 0 Å². The third-order valence-corrected chi connectivity index (χ3v) is 3.02. The van der Waals surface area contributed by atoms with Crippen LogP contribution in [0.25, 0.3) is 0 Å². The summed E-state index contributed by atoms with van der Waals surface area (Å²) in [5.74, 6) is 1.80. The van der Waals surface area contributed by atoms with Crippen molar-refractivity contribution in [3.8, 4) is 0 Å². The van der Waals surface area contributed by atoms with Crippen molar-refractivity contribution >= 4 is 11.1 Å². The molecule has 1 saturated heterocycles. The Bertz CT molecular complexity index is 166. The highest BCUT2D eigenvalue weighted by Gasteiger charge is 2.27. The van der Waals surface area contributed by atoms with E-state index in [0.717, 1.165) is 24.9 Å². The first-order valence-electron chi connectivity index (χ1n) is 4.38. The summed E-state index contributed by atoms with van der Waals surface area (Å²) < 4.78 is 20.5. The van der Waals surface area contributed by atoms with Gasteiger partial charge in [0.15, 0.2) is 0 Å². The number of hydrogen-bond acceptors (Lipinski definition) is 3. The zero-order valence-electron chi connectivity index (χ0n) is 7.66. The molecule has 0 aromatic carbocycles. The molecular weight excluding hydrogens is 174 g/mol. The second kappa shape index (κ2) is 4.35. The molecule has 1 rings (SSSR count). The van der Waals surface area contributed by atoms with E-state index in [1.807, 2.05) is 0 Å². The first kappa shape index (κ1) is 10.2. The Balaban J connectivity index is 2.06. The van der Waals surface area contributed by atoms with Gasteiger partial charge in [0.25, 0.3) is 0 Å². The summed E-state index contributed by atoms with van der Waals surface area (Å²) >= 11 is -1.87. The second-order valence-corrected chi connectivity index (χ2v) is 4.79. The summed E-state index contributed by atoms with van der Waals surface area (Å²) in [6.07, 6.45) is 0. The maximum Gasteiger partial charge on any atom is 0.0229 e. The van der Waals surface area contributed by atoms with E-state index in [9.17, 15) is 8.76 Å². The molecule has 72 valence electrons. The molecule has 1 fully saturated rings. The average Bonchev–Trinajstić information content (AvgIpc) is 1.82. The molecule has 0 aromatic rings. The van der Waals surface area contributed by atoms with Crippen LogP contribution in [0.5, 0.6) is 0 Å². The van der Waals surface area contributed by atoms with E-state index in [1.165, 1.54) is 0 Å². The standard InChI is InChI=1S/C8H17NO2S/c1-7(2)8-5-9(6-8)3-4-12(10)11/h7-8H,3-6H2,1-2H3,(H,10,11)/p-1. The van der Waals surface area contributed by atoms with E-state index in [0.29, 0.717) is 6.54 Å². The van der Waals surface area contributed by atoms with E-state index in [4.69, 9.17) is 0 Å². The molecule has 1 aliphatic heterocycles. The molecule has 0 saturated carbocycles. The Morgan fingerprint density at radius 1 is 1.58 bits per heavy atom. The van der Waals surface area contributed by atoms with Crippen LogP contribution in [0, 0.1) is 11.8 Å². The third-order valence-electron chi connectivity index (χ3n) is 2.50. The van der Waals surface area contributed by atoms with E-state index < -0.39 is 11.1 Å². The van der Waals surface area contributed by atoms with Crippen molar-refractivity contribution in [3.05, 3.63) is 0 Å². The third kappa shape index (κ3) is 2.84. The van der Waals surface area contributed by atoms with Crippen LogP contribution in [0.2, 0.25) is 0 Å². The minimum Gasteiger partial charge on any atom is -0.772 e. The van der Waals surface area contributed by atoms with Gasteiger partial charge in [-0.15, -0.1) is 0 Å². The SMILES string of the molecule is CC(C)C1CN(CCS(=O)[O-])C1. The summed E-state index contributed by atoms with van der Waals surface area (Å²) in [6, 6.07) is 0. The number of hydrogen-bond donors (Lipinski definition) is 0. The van der Waals surface area contributed by atoms with Gasteiger partial charge in [-0.3, -0.25) is 4.21 Å². The highest BCUT2D eigenvalue weighted by Crippen LogP contribution is 2.22. The Labute approximate surface area is 76.4 Å². The Kier molecular flexibility index (Phi) is 3.68. The maximum atomic E-state index is 10.2. The van der Waals surface area contributed by atoms with E-state index in [1.54, 1.807) is 0 Å². The quantitative estimate of drug-likeness (QED) is 0.605. The summed E-state index contributed by atoms with van der Waals surface area (Å²) in [4.78, 5) is 2.19. The molecule has 1 unspecified atom stereocenters. The van der Waals surface area contributed by atoms with Crippen molar-refractivity contribution in [2.75, 3.05) is 25.4 Å². The van der Waals surface area contributed by atoms with Gasteiger partial charge in [-0.05, 0) is 11.8 Å². The lowest BCUT2D eigenvalue weighted by atomic mass is 9.89. The monoisotopic (exact) mass is 190 g/mol. The molecule has 3 nitrogen and oxygen atoms in total. The molecule has 0 N–H and O–H groups in total. The van der Waals surface area contributed by atoms with E-state index in [-0.39, 0.29) is 5.75 Å². The van der Waals surface area contributed by atoms with Crippen molar-refractivity contribution in [1.82, 2.24) is 4.90 Å². The lowest BCUT2D eigenvalue weighted by Crippen LogP contribution is -2.50. The molecule has 4 heteroatoms. The van der Waals surface area contributed by atoms with E-state index >= 15 is 0 Å². The van der Waals surface area contributed by atoms with Crippen LogP contribution in [0.3, 0.4) is 0 Å². The van der Waals surface area contributed by atoms with Crippen LogP contribution in [-0.4, -0.2) is 39.0 Å². The highest BCUT2D eigenvalue weighted by molar-refractivity contribution is 7.79. The fourth-order valence-electron chi connectivity index (χ4n) is 1.42. The van der Waals surface area contributed by atoms with E-state index in [2.05, 4.69) is 18.7 Å². The van der Waals surface area contributed by atoms with Gasteiger partial charge in [-0.25, -0.2) is 0 Å². The lowest BCUT2D eigenvalue weighted by Gasteiger charge is -2.41. The Hall–Kier alpha value is 0.0700. The molecule has 1 atom stereocenters. The predicted molar refractivity (Wildman–Crippen MR) is 48.6 cm³/mol. The molecular formula is C8H16NO2S-. The van der Waals surface area contributed by atoms with Gasteiger partial charge in [0.05, 0.1) is 0 Å². The number of likely N-dealkylation sites (tertiary alicyclic amines) is 1. The zero-order chi connectivity index (χ0) is 9.14. The summed E-state index contributed by atoms with van der Waals surface area (Å²) in [6.45, 7) is 7.30. The highest BCUT2D eigenvalue weighted by atomic mass is 32.2. The van der Waals surface area contributed by atoms with Gasteiger partial charge < -0.3 is 9.45 Å². The molecule has 0 radical (unpaired) electrons. The van der Waals surface area contributed by atoms with Gasteiger partial charge in [0.1, 0.15) is 0 Å². The minimum absolute atomic E-state index is 0.283. The molecule has 0 aromatic heterocycles. The predicted octanol–water partition coefficient (Wildman–Crippen LogP) is 0.453. The fraction of sp³-hybridized carbons (Fsp3) is 1.00. The lowest BCUT2D eigenvalue weighted by molar-refractivity contribution is 0.0751. The first-order valence-corrected chi connectivity index (χ1v) is 5.62. The van der Waals surface area contributed by atoms with Crippen LogP contribution >= 0.6 is 0 Å². The molecule has 0 bridgehead atoms. The number of nitrogens with zero attached hydrogens (tertiary/aromatic N) is 1. The van der Waals surface area contributed by atoms with Crippen LogP contribution < -0.4 is 0 Å². The van der Waals surface area contributed by atoms with Crippen molar-refractivity contribution in [2.45, 2.75) is 13.8 Å². The zero-order valence-corrected chi connectivity index (χ0v) is 8.47. The van der Waals surface area contributed by atoms with Crippen molar-refractivity contribution in [2.24, 2.45) is 11.8 Å². The average molecular weight is 190 g/mol. The number of rotatable bonds is 4. The molecule has 0 spiro atoms. The van der Waals surface area contributed by atoms with Crippen LogP contribution in [0.4, 0.5) is 0 Å². The summed E-state index contributed by atoms with van der Waals surface area (Å²) in [5, 5.41) is 0. The topological polar surface area (TPSA) is 43.4 Å². The smallest absolute Gasteiger partial charge is 0.0229 e. The normalized spacial score (nSPS) is 22.7. The van der Waals surface area contributed by atoms with Gasteiger partial charge in [-0.2, -0.15) is 0 Å². The van der Waals surface area contributed by atoms with Gasteiger partial charge in [0.2, 0.25) is 0 Å². The molecule has 1 aliphatic rings. The minimum atomic E-state index is -1.87. The first-order chi connectivity index (χ1) is 5.59. The molecule has 1 heterocycles. The van der Waals surface area contributed by atoms with Gasteiger partial charge in [-0.1, -0.05) is 24.9 Å². The maximum absolute atomic E-state index is 10.2. The summed E-state index contributed by atoms with van der Waals surface area (Å²) in [7, 11) is 0. The van der Waals surface area contributed by atoms with Crippen molar-refractivity contribution in [1.29, 1.82) is 0 Å². The molecule has 0 aliphatic carbocycles. The fourth-order valence-corrected chi connectivity index (χ4v) is 1.82. The molecule has 0 amide bonds. The van der Waals surface area contributed by atoms with Crippen LogP contribution in [0.15, 0.2) is 0 Å². The molecule has 12 heavy (non-hydrogen) atoms. The van der Waals surface area contributed by atoms with Gasteiger partial charge >= 0.3 is 0 Å². The van der Waals surface area contributed by atoms with Crippen LogP contribution in [-0.2, 0) is 11.1 Å². The second-order valence-electron chi connectivity index (χ2n) is 3.77. The Morgan fingerprint density at radius 3 is 2.58 bits per heavy atom. The van der Waals surface area contributed by atoms with Gasteiger partial charge in [0, 0.05) is 25.4 Å².